The van der Waals surface area contributed by atoms with E-state index in [0.29, 0.717) is 25.6 Å². The van der Waals surface area contributed by atoms with E-state index in [1.807, 2.05) is 0 Å². The molecular formula is C13H21N3O2S. The first kappa shape index (κ1) is 14.4. The topological polar surface area (TPSA) is 76.3 Å². The van der Waals surface area contributed by atoms with Gasteiger partial charge in [0.05, 0.1) is 0 Å². The van der Waals surface area contributed by atoms with Crippen LogP contribution in [0, 0.1) is 5.92 Å². The van der Waals surface area contributed by atoms with Crippen molar-refractivity contribution in [3.05, 3.63) is 23.9 Å². The van der Waals surface area contributed by atoms with E-state index in [2.05, 4.69) is 11.9 Å². The highest BCUT2D eigenvalue weighted by molar-refractivity contribution is 7.89. The van der Waals surface area contributed by atoms with Gasteiger partial charge in [-0.25, -0.2) is 13.4 Å². The molecule has 2 N–H and O–H groups in total. The van der Waals surface area contributed by atoms with E-state index in [1.54, 1.807) is 16.4 Å². The zero-order valence-corrected chi connectivity index (χ0v) is 12.1. The van der Waals surface area contributed by atoms with Crippen molar-refractivity contribution in [2.24, 2.45) is 11.7 Å². The Morgan fingerprint density at radius 2 is 2.26 bits per heavy atom. The summed E-state index contributed by atoms with van der Waals surface area (Å²) in [5, 5.41) is 0.126. The van der Waals surface area contributed by atoms with Crippen molar-refractivity contribution in [1.29, 1.82) is 0 Å². The average molecular weight is 283 g/mol. The predicted octanol–water partition coefficient (Wildman–Crippen LogP) is 1.35. The lowest BCUT2D eigenvalue weighted by Gasteiger charge is -2.31. The average Bonchev–Trinajstić information content (AvgIpc) is 2.47. The molecule has 0 aromatic carbocycles. The molecule has 1 aromatic heterocycles. The predicted molar refractivity (Wildman–Crippen MR) is 73.9 cm³/mol. The number of nitrogens with two attached hydrogens (primary N) is 1. The molecule has 1 atom stereocenters. The molecule has 2 rings (SSSR count). The Labute approximate surface area is 114 Å². The number of hydrogen-bond acceptors (Lipinski definition) is 4. The van der Waals surface area contributed by atoms with Crippen LogP contribution in [0.25, 0.3) is 0 Å². The van der Waals surface area contributed by atoms with Crippen LogP contribution in [-0.2, 0) is 16.6 Å². The van der Waals surface area contributed by atoms with Crippen LogP contribution < -0.4 is 5.73 Å². The summed E-state index contributed by atoms with van der Waals surface area (Å²) in [5.41, 5.74) is 6.33. The number of sulfonamides is 1. The molecule has 0 aliphatic carbocycles. The molecule has 0 bridgehead atoms. The first-order chi connectivity index (χ1) is 9.07. The molecule has 1 saturated heterocycles. The molecule has 1 unspecified atom stereocenters. The van der Waals surface area contributed by atoms with E-state index < -0.39 is 10.0 Å². The van der Waals surface area contributed by atoms with E-state index in [9.17, 15) is 8.42 Å². The summed E-state index contributed by atoms with van der Waals surface area (Å²) < 4.78 is 26.5. The second kappa shape index (κ2) is 5.98. The monoisotopic (exact) mass is 283 g/mol. The van der Waals surface area contributed by atoms with Crippen LogP contribution in [0.4, 0.5) is 0 Å². The third kappa shape index (κ3) is 3.13. The molecule has 0 saturated carbocycles. The first-order valence-electron chi connectivity index (χ1n) is 6.73. The fourth-order valence-corrected chi connectivity index (χ4v) is 3.86. The number of rotatable bonds is 4. The fourth-order valence-electron chi connectivity index (χ4n) is 2.39. The molecule has 0 amide bonds. The van der Waals surface area contributed by atoms with Crippen LogP contribution >= 0.6 is 0 Å². The second-order valence-corrected chi connectivity index (χ2v) is 6.87. The van der Waals surface area contributed by atoms with Crippen molar-refractivity contribution in [1.82, 2.24) is 9.29 Å². The third-order valence-electron chi connectivity index (χ3n) is 3.70. The molecule has 1 fully saturated rings. The van der Waals surface area contributed by atoms with Gasteiger partial charge in [-0.3, -0.25) is 0 Å². The fraction of sp³-hybridized carbons (Fsp3) is 0.615. The van der Waals surface area contributed by atoms with E-state index >= 15 is 0 Å². The zero-order valence-electron chi connectivity index (χ0n) is 11.2. The lowest BCUT2D eigenvalue weighted by Crippen LogP contribution is -2.40. The van der Waals surface area contributed by atoms with Crippen LogP contribution in [0.2, 0.25) is 0 Å². The van der Waals surface area contributed by atoms with E-state index in [-0.39, 0.29) is 5.03 Å². The van der Waals surface area contributed by atoms with Gasteiger partial charge in [-0.1, -0.05) is 19.4 Å². The van der Waals surface area contributed by atoms with Gasteiger partial charge in [0.15, 0.2) is 5.03 Å². The molecule has 0 spiro atoms. The number of piperidine rings is 1. The Morgan fingerprint density at radius 1 is 1.47 bits per heavy atom. The molecule has 2 heterocycles. The number of hydrogen-bond donors (Lipinski definition) is 1. The molecule has 1 aliphatic rings. The normalized spacial score (nSPS) is 21.5. The van der Waals surface area contributed by atoms with Crippen molar-refractivity contribution < 1.29 is 8.42 Å². The standard InChI is InChI=1S/C13H21N3O2S/c1-2-11-4-3-7-16(10-11)19(17,18)13-6-5-12(8-14)9-15-13/h5-6,9,11H,2-4,7-8,10,14H2,1H3. The summed E-state index contributed by atoms with van der Waals surface area (Å²) in [5.74, 6) is 0.465. The van der Waals surface area contributed by atoms with Crippen molar-refractivity contribution in [3.8, 4) is 0 Å². The van der Waals surface area contributed by atoms with Gasteiger partial charge in [-0.15, -0.1) is 0 Å². The van der Waals surface area contributed by atoms with E-state index in [1.165, 1.54) is 6.20 Å². The molecule has 106 valence electrons. The van der Waals surface area contributed by atoms with E-state index in [0.717, 1.165) is 24.8 Å². The lowest BCUT2D eigenvalue weighted by atomic mass is 9.97. The summed E-state index contributed by atoms with van der Waals surface area (Å²) in [6.07, 6.45) is 4.60. The Balaban J connectivity index is 2.20. The first-order valence-corrected chi connectivity index (χ1v) is 8.17. The van der Waals surface area contributed by atoms with Crippen LogP contribution in [0.3, 0.4) is 0 Å². The molecule has 1 aromatic rings. The zero-order chi connectivity index (χ0) is 13.9. The highest BCUT2D eigenvalue weighted by Crippen LogP contribution is 2.24. The highest BCUT2D eigenvalue weighted by atomic mass is 32.2. The molecular weight excluding hydrogens is 262 g/mol. The summed E-state index contributed by atoms with van der Waals surface area (Å²) in [6.45, 7) is 3.68. The molecule has 6 heteroatoms. The Kier molecular flexibility index (Phi) is 4.54. The number of aromatic nitrogens is 1. The number of nitrogens with zero attached hydrogens (tertiary/aromatic N) is 2. The lowest BCUT2D eigenvalue weighted by molar-refractivity contribution is 0.261. The Bertz CT molecular complexity index is 513. The van der Waals surface area contributed by atoms with Crippen LogP contribution in [0.15, 0.2) is 23.4 Å². The van der Waals surface area contributed by atoms with Gasteiger partial charge in [-0.2, -0.15) is 4.31 Å². The molecule has 0 radical (unpaired) electrons. The Morgan fingerprint density at radius 3 is 2.84 bits per heavy atom. The van der Waals surface area contributed by atoms with Gasteiger partial charge in [-0.05, 0) is 30.4 Å². The molecule has 5 nitrogen and oxygen atoms in total. The van der Waals surface area contributed by atoms with Gasteiger partial charge >= 0.3 is 0 Å². The minimum Gasteiger partial charge on any atom is -0.326 e. The van der Waals surface area contributed by atoms with Gasteiger partial charge in [0.1, 0.15) is 0 Å². The largest absolute Gasteiger partial charge is 0.326 e. The second-order valence-electron chi connectivity index (χ2n) is 4.99. The third-order valence-corrected chi connectivity index (χ3v) is 5.48. The number of pyridine rings is 1. The van der Waals surface area contributed by atoms with Gasteiger partial charge < -0.3 is 5.73 Å². The quantitative estimate of drug-likeness (QED) is 0.905. The summed E-state index contributed by atoms with van der Waals surface area (Å²) in [7, 11) is -3.45. The maximum absolute atomic E-state index is 12.5. The van der Waals surface area contributed by atoms with Crippen LogP contribution in [-0.4, -0.2) is 30.8 Å². The van der Waals surface area contributed by atoms with Gasteiger partial charge in [0, 0.05) is 25.8 Å². The molecule has 19 heavy (non-hydrogen) atoms. The van der Waals surface area contributed by atoms with Gasteiger partial charge in [0.2, 0.25) is 0 Å². The minimum absolute atomic E-state index is 0.126. The van der Waals surface area contributed by atoms with Crippen molar-refractivity contribution in [3.63, 3.8) is 0 Å². The van der Waals surface area contributed by atoms with Crippen LogP contribution in [0.5, 0.6) is 0 Å². The minimum atomic E-state index is -3.45. The van der Waals surface area contributed by atoms with Crippen molar-refractivity contribution in [2.75, 3.05) is 13.1 Å². The van der Waals surface area contributed by atoms with E-state index in [4.69, 9.17) is 5.73 Å². The van der Waals surface area contributed by atoms with Crippen molar-refractivity contribution >= 4 is 10.0 Å². The Hall–Kier alpha value is -0.980. The summed E-state index contributed by atoms with van der Waals surface area (Å²) in [4.78, 5) is 4.04. The maximum atomic E-state index is 12.5. The maximum Gasteiger partial charge on any atom is 0.260 e. The summed E-state index contributed by atoms with van der Waals surface area (Å²) in [6, 6.07) is 3.27. The summed E-state index contributed by atoms with van der Waals surface area (Å²) >= 11 is 0. The van der Waals surface area contributed by atoms with Crippen molar-refractivity contribution in [2.45, 2.75) is 37.8 Å². The highest BCUT2D eigenvalue weighted by Gasteiger charge is 2.30. The SMILES string of the molecule is CCC1CCCN(S(=O)(=O)c2ccc(CN)cn2)C1. The van der Waals surface area contributed by atoms with Crippen LogP contribution in [0.1, 0.15) is 31.7 Å². The van der Waals surface area contributed by atoms with Gasteiger partial charge in [0.25, 0.3) is 10.0 Å². The molecule has 1 aliphatic heterocycles. The smallest absolute Gasteiger partial charge is 0.260 e.